The van der Waals surface area contributed by atoms with Crippen molar-refractivity contribution >= 4 is 51.7 Å². The Bertz CT molecular complexity index is 1570. The number of fused-ring (bicyclic) bond motifs is 2. The molecule has 1 N–H and O–H groups in total. The molecule has 1 atom stereocenters. The van der Waals surface area contributed by atoms with Gasteiger partial charge in [-0.15, -0.1) is 0 Å². The van der Waals surface area contributed by atoms with Gasteiger partial charge >= 0.3 is 5.97 Å². The number of aromatic nitrogens is 1. The molecule has 1 aliphatic carbocycles. The van der Waals surface area contributed by atoms with Gasteiger partial charge in [-0.1, -0.05) is 80.9 Å². The minimum atomic E-state index is -0.523. The summed E-state index contributed by atoms with van der Waals surface area (Å²) in [5.41, 5.74) is 5.53. The third-order valence-corrected chi connectivity index (χ3v) is 7.46. The molecule has 1 unspecified atom stereocenters. The zero-order valence-electron chi connectivity index (χ0n) is 22.3. The third-order valence-electron chi connectivity index (χ3n) is 7.22. The maximum atomic E-state index is 13.7. The van der Waals surface area contributed by atoms with Crippen LogP contribution in [0, 0.1) is 11.3 Å². The Kier molecular flexibility index (Phi) is 7.53. The molecule has 1 heterocycles. The van der Waals surface area contributed by atoms with Crippen LogP contribution in [0.1, 0.15) is 54.4 Å². The molecule has 0 saturated carbocycles. The number of benzene rings is 3. The van der Waals surface area contributed by atoms with E-state index in [1.165, 1.54) is 0 Å². The van der Waals surface area contributed by atoms with Gasteiger partial charge in [-0.05, 0) is 77.3 Å². The number of anilines is 1. The summed E-state index contributed by atoms with van der Waals surface area (Å²) in [5, 5.41) is 4.15. The lowest BCUT2D eigenvalue weighted by atomic mass is 9.69. The van der Waals surface area contributed by atoms with Gasteiger partial charge in [-0.25, -0.2) is 9.78 Å². The van der Waals surface area contributed by atoms with Crippen LogP contribution in [0.25, 0.3) is 22.6 Å². The van der Waals surface area contributed by atoms with Gasteiger partial charge in [0.25, 0.3) is 5.91 Å². The molecule has 39 heavy (non-hydrogen) atoms. The molecule has 5 rings (SSSR count). The molecule has 198 valence electrons. The number of carbonyl (C=O) groups excluding carboxylic acids is 2. The van der Waals surface area contributed by atoms with Crippen molar-refractivity contribution in [3.8, 4) is 0 Å². The highest BCUT2D eigenvalue weighted by molar-refractivity contribution is 6.30. The summed E-state index contributed by atoms with van der Waals surface area (Å²) >= 11 is 6.28. The van der Waals surface area contributed by atoms with Gasteiger partial charge in [0.05, 0.1) is 16.8 Å². The fraction of sp³-hybridized carbons (Fsp3) is 0.242. The number of para-hydroxylation sites is 2. The number of hydrogen-bond acceptors (Lipinski definition) is 4. The van der Waals surface area contributed by atoms with Crippen molar-refractivity contribution < 1.29 is 14.3 Å². The van der Waals surface area contributed by atoms with Crippen molar-refractivity contribution in [3.05, 3.63) is 106 Å². The lowest BCUT2D eigenvalue weighted by molar-refractivity contribution is -0.119. The fourth-order valence-electron chi connectivity index (χ4n) is 5.09. The Morgan fingerprint density at radius 1 is 1.00 bits per heavy atom. The zero-order valence-corrected chi connectivity index (χ0v) is 23.1. The maximum absolute atomic E-state index is 13.7. The Hall–Kier alpha value is -3.96. The molecule has 0 spiro atoms. The number of amides is 1. The number of allylic oxidation sites excluding steroid dienone is 1. The molecule has 4 aromatic rings. The highest BCUT2D eigenvalue weighted by atomic mass is 35.5. The highest BCUT2D eigenvalue weighted by Crippen LogP contribution is 2.45. The number of nitrogens with one attached hydrogen (secondary N) is 1. The van der Waals surface area contributed by atoms with Crippen molar-refractivity contribution in [3.63, 3.8) is 0 Å². The van der Waals surface area contributed by atoms with E-state index in [4.69, 9.17) is 21.3 Å². The summed E-state index contributed by atoms with van der Waals surface area (Å²) in [6.45, 7) is 6.28. The molecule has 0 fully saturated rings. The van der Waals surface area contributed by atoms with Crippen molar-refractivity contribution in [1.29, 1.82) is 0 Å². The van der Waals surface area contributed by atoms with Crippen LogP contribution in [-0.4, -0.2) is 23.5 Å². The van der Waals surface area contributed by atoms with Gasteiger partial charge in [0, 0.05) is 16.1 Å². The largest absolute Gasteiger partial charge is 0.452 e. The van der Waals surface area contributed by atoms with Crippen LogP contribution < -0.4 is 5.32 Å². The van der Waals surface area contributed by atoms with E-state index < -0.39 is 11.9 Å². The van der Waals surface area contributed by atoms with Crippen LogP contribution in [0.15, 0.2) is 78.9 Å². The second-order valence-corrected chi connectivity index (χ2v) is 11.5. The molecular formula is C33H31ClN2O3. The first kappa shape index (κ1) is 26.6. The summed E-state index contributed by atoms with van der Waals surface area (Å²) < 4.78 is 5.61. The normalized spacial score (nSPS) is 16.1. The van der Waals surface area contributed by atoms with E-state index in [1.807, 2.05) is 66.7 Å². The first-order valence-corrected chi connectivity index (χ1v) is 13.5. The topological polar surface area (TPSA) is 68.3 Å². The summed E-state index contributed by atoms with van der Waals surface area (Å²) in [5.74, 6) is -0.646. The van der Waals surface area contributed by atoms with Crippen LogP contribution in [0.3, 0.4) is 0 Å². The number of halogens is 1. The van der Waals surface area contributed by atoms with E-state index in [9.17, 15) is 9.59 Å². The van der Waals surface area contributed by atoms with Gasteiger partial charge in [0.15, 0.2) is 6.61 Å². The lowest BCUT2D eigenvalue weighted by Crippen LogP contribution is -2.29. The van der Waals surface area contributed by atoms with E-state index in [0.717, 1.165) is 34.2 Å². The number of carbonyl (C=O) groups is 2. The van der Waals surface area contributed by atoms with Crippen molar-refractivity contribution in [2.75, 3.05) is 11.9 Å². The number of rotatable bonds is 5. The van der Waals surface area contributed by atoms with Crippen LogP contribution in [0.5, 0.6) is 0 Å². The molecule has 1 aliphatic rings. The Labute approximate surface area is 233 Å². The Balaban J connectivity index is 1.56. The quantitative estimate of drug-likeness (QED) is 0.263. The van der Waals surface area contributed by atoms with E-state index >= 15 is 0 Å². The van der Waals surface area contributed by atoms with Gasteiger partial charge in [0.2, 0.25) is 0 Å². The van der Waals surface area contributed by atoms with Crippen LogP contribution in [0.4, 0.5) is 5.69 Å². The molecule has 0 saturated heterocycles. The number of hydrogen-bond donors (Lipinski definition) is 1. The minimum absolute atomic E-state index is 0.00645. The molecule has 0 aliphatic heterocycles. The van der Waals surface area contributed by atoms with Gasteiger partial charge in [0.1, 0.15) is 0 Å². The van der Waals surface area contributed by atoms with E-state index in [2.05, 4.69) is 32.2 Å². The highest BCUT2D eigenvalue weighted by Gasteiger charge is 2.35. The Morgan fingerprint density at radius 3 is 2.49 bits per heavy atom. The van der Waals surface area contributed by atoms with E-state index in [-0.39, 0.29) is 17.9 Å². The lowest BCUT2D eigenvalue weighted by Gasteiger charge is -2.36. The molecule has 0 radical (unpaired) electrons. The predicted octanol–water partition coefficient (Wildman–Crippen LogP) is 7.83. The van der Waals surface area contributed by atoms with E-state index in [1.54, 1.807) is 12.1 Å². The van der Waals surface area contributed by atoms with E-state index in [0.29, 0.717) is 28.2 Å². The van der Waals surface area contributed by atoms with Crippen molar-refractivity contribution in [2.45, 2.75) is 33.6 Å². The molecular weight excluding hydrogens is 508 g/mol. The molecule has 3 aromatic carbocycles. The summed E-state index contributed by atoms with van der Waals surface area (Å²) in [6, 6.07) is 24.4. The average Bonchev–Trinajstić information content (AvgIpc) is 2.90. The van der Waals surface area contributed by atoms with Crippen LogP contribution >= 0.6 is 11.6 Å². The number of nitrogens with zero attached hydrogens (tertiary/aromatic N) is 1. The first-order valence-electron chi connectivity index (χ1n) is 13.1. The monoisotopic (exact) mass is 538 g/mol. The maximum Gasteiger partial charge on any atom is 0.339 e. The number of ether oxygens (including phenoxy) is 1. The van der Waals surface area contributed by atoms with Crippen molar-refractivity contribution in [2.24, 2.45) is 11.3 Å². The third kappa shape index (κ3) is 6.04. The Morgan fingerprint density at radius 2 is 1.74 bits per heavy atom. The first-order chi connectivity index (χ1) is 18.7. The van der Waals surface area contributed by atoms with Crippen LogP contribution in [-0.2, 0) is 16.0 Å². The summed E-state index contributed by atoms with van der Waals surface area (Å²) in [7, 11) is 0. The summed E-state index contributed by atoms with van der Waals surface area (Å²) in [6.07, 6.45) is 3.62. The second kappa shape index (κ2) is 11.0. The number of esters is 1. The summed E-state index contributed by atoms with van der Waals surface area (Å²) in [4.78, 5) is 31.3. The molecule has 5 nitrogen and oxygen atoms in total. The molecule has 0 bridgehead atoms. The zero-order chi connectivity index (χ0) is 27.6. The second-order valence-electron chi connectivity index (χ2n) is 11.0. The van der Waals surface area contributed by atoms with Crippen molar-refractivity contribution in [1.82, 2.24) is 4.98 Å². The fourth-order valence-corrected chi connectivity index (χ4v) is 5.29. The molecule has 1 amide bonds. The van der Waals surface area contributed by atoms with Gasteiger partial charge in [-0.3, -0.25) is 4.79 Å². The SMILES string of the molecule is CC(C)(C)C1C/C(=C\c2cccc(Cl)c2)c2nc3ccccc3c(C(=O)OCC(=O)Nc3ccccc3)c2C1. The number of pyridine rings is 1. The minimum Gasteiger partial charge on any atom is -0.452 e. The standard InChI is InChI=1S/C33H31ClN2O3/c1-33(2,3)23-18-22(16-21-10-9-11-24(34)17-21)31-27(19-23)30(26-14-7-8-15-28(26)36-31)32(38)39-20-29(37)35-25-12-5-4-6-13-25/h4-17,23H,18-20H2,1-3H3,(H,35,37)/b22-16+. The average molecular weight is 539 g/mol. The smallest absolute Gasteiger partial charge is 0.339 e. The predicted molar refractivity (Wildman–Crippen MR) is 158 cm³/mol. The van der Waals surface area contributed by atoms with Crippen LogP contribution in [0.2, 0.25) is 5.02 Å². The molecule has 6 heteroatoms. The van der Waals surface area contributed by atoms with Gasteiger partial charge in [-0.2, -0.15) is 0 Å². The van der Waals surface area contributed by atoms with Gasteiger partial charge < -0.3 is 10.1 Å². The molecule has 1 aromatic heterocycles.